The van der Waals surface area contributed by atoms with Gasteiger partial charge >= 0.3 is 0 Å². The van der Waals surface area contributed by atoms with Crippen LogP contribution in [-0.4, -0.2) is 46.7 Å². The number of methoxy groups -OCH3 is 1. The van der Waals surface area contributed by atoms with E-state index < -0.39 is 8.07 Å². The number of hydrogen-bond acceptors (Lipinski definition) is 4. The van der Waals surface area contributed by atoms with Crippen molar-refractivity contribution in [3.8, 4) is 0 Å². The van der Waals surface area contributed by atoms with Gasteiger partial charge in [0.25, 0.3) is 0 Å². The topological polar surface area (TPSA) is 34.6 Å². The third-order valence-electron chi connectivity index (χ3n) is 2.92. The predicted molar refractivity (Wildman–Crippen MR) is 97.8 cm³/mol. The highest BCUT2D eigenvalue weighted by Gasteiger charge is 2.13. The summed E-state index contributed by atoms with van der Waals surface area (Å²) in [4.78, 5) is 6.42. The lowest BCUT2D eigenvalue weighted by Crippen LogP contribution is -2.31. The molecule has 0 atom stereocenters. The van der Waals surface area contributed by atoms with Crippen LogP contribution in [0.15, 0.2) is 21.3 Å². The second-order valence-corrected chi connectivity index (χ2v) is 13.3. The minimum absolute atomic E-state index is 0.566. The summed E-state index contributed by atoms with van der Waals surface area (Å²) in [6, 6.07) is 5.15. The molecule has 1 rings (SSSR count). The Hall–Kier alpha value is 0.0469. The highest BCUT2D eigenvalue weighted by Crippen LogP contribution is 2.23. The molecule has 0 unspecified atom stereocenters. The van der Waals surface area contributed by atoms with Gasteiger partial charge in [-0.3, -0.25) is 0 Å². The smallest absolute Gasteiger partial charge is 0.118 e. The van der Waals surface area contributed by atoms with Crippen LogP contribution in [-0.2, 0) is 9.47 Å². The van der Waals surface area contributed by atoms with Gasteiger partial charge in [-0.25, -0.2) is 4.98 Å². The van der Waals surface area contributed by atoms with Crippen LogP contribution in [0.4, 0.5) is 5.69 Å². The summed E-state index contributed by atoms with van der Waals surface area (Å²) in [6.45, 7) is 9.90. The van der Waals surface area contributed by atoms with E-state index in [2.05, 4.69) is 61.4 Å². The van der Waals surface area contributed by atoms with Gasteiger partial charge in [-0.15, -0.1) is 0 Å². The summed E-state index contributed by atoms with van der Waals surface area (Å²) in [5, 5.41) is 0. The molecule has 4 nitrogen and oxygen atoms in total. The van der Waals surface area contributed by atoms with Crippen LogP contribution in [0.2, 0.25) is 25.7 Å². The summed E-state index contributed by atoms with van der Waals surface area (Å²) >= 11 is 6.85. The zero-order chi connectivity index (χ0) is 15.9. The summed E-state index contributed by atoms with van der Waals surface area (Å²) < 4.78 is 12.6. The number of aromatic nitrogens is 1. The van der Waals surface area contributed by atoms with Gasteiger partial charge < -0.3 is 14.4 Å². The molecule has 0 aliphatic heterocycles. The Morgan fingerprint density at radius 3 is 2.29 bits per heavy atom. The van der Waals surface area contributed by atoms with Gasteiger partial charge in [0, 0.05) is 34.0 Å². The molecule has 0 aliphatic carbocycles. The third-order valence-corrected chi connectivity index (χ3v) is 5.44. The lowest BCUT2D eigenvalue weighted by molar-refractivity contribution is 0.136. The van der Waals surface area contributed by atoms with E-state index in [-0.39, 0.29) is 0 Å². The molecule has 0 saturated heterocycles. The average molecular weight is 440 g/mol. The van der Waals surface area contributed by atoms with E-state index in [1.807, 2.05) is 12.1 Å². The van der Waals surface area contributed by atoms with Crippen molar-refractivity contribution >= 4 is 45.6 Å². The molecule has 120 valence electrons. The van der Waals surface area contributed by atoms with Gasteiger partial charge in [-0.2, -0.15) is 0 Å². The SMILES string of the molecule is COCCN(COCC[Si](C)(C)C)c1cc(Br)nc(Br)c1. The maximum atomic E-state index is 5.86. The van der Waals surface area contributed by atoms with E-state index in [1.165, 1.54) is 6.04 Å². The van der Waals surface area contributed by atoms with Crippen molar-refractivity contribution in [3.05, 3.63) is 21.3 Å². The highest BCUT2D eigenvalue weighted by molar-refractivity contribution is 9.11. The molecule has 0 spiro atoms. The van der Waals surface area contributed by atoms with Crippen LogP contribution < -0.4 is 4.90 Å². The fourth-order valence-electron chi connectivity index (χ4n) is 1.66. The summed E-state index contributed by atoms with van der Waals surface area (Å²) in [5.74, 6) is 0. The van der Waals surface area contributed by atoms with Gasteiger partial charge in [0.05, 0.1) is 6.61 Å². The Labute approximate surface area is 145 Å². The monoisotopic (exact) mass is 438 g/mol. The highest BCUT2D eigenvalue weighted by atomic mass is 79.9. The number of halogens is 2. The number of pyridine rings is 1. The number of hydrogen-bond donors (Lipinski definition) is 0. The Kier molecular flexibility index (Phi) is 8.41. The molecule has 1 aromatic heterocycles. The standard InChI is InChI=1S/C14H24Br2N2O2Si/c1-19-6-5-18(11-20-7-8-21(2,3)4)12-9-13(15)17-14(16)10-12/h9-10H,5-8,11H2,1-4H3. The Morgan fingerprint density at radius 1 is 1.14 bits per heavy atom. The molecule has 7 heteroatoms. The first-order chi connectivity index (χ1) is 9.81. The molecule has 0 fully saturated rings. The second-order valence-electron chi connectivity index (χ2n) is 6.08. The van der Waals surface area contributed by atoms with E-state index >= 15 is 0 Å². The van der Waals surface area contributed by atoms with Crippen molar-refractivity contribution < 1.29 is 9.47 Å². The normalized spacial score (nSPS) is 11.7. The van der Waals surface area contributed by atoms with Crippen LogP contribution in [0.5, 0.6) is 0 Å². The molecule has 1 aromatic rings. The van der Waals surface area contributed by atoms with Gasteiger partial charge in [0.2, 0.25) is 0 Å². The maximum absolute atomic E-state index is 5.86. The number of anilines is 1. The first-order valence-electron chi connectivity index (χ1n) is 6.96. The van der Waals surface area contributed by atoms with Crippen molar-refractivity contribution in [2.24, 2.45) is 0 Å². The van der Waals surface area contributed by atoms with Gasteiger partial charge in [-0.1, -0.05) is 19.6 Å². The number of ether oxygens (including phenoxy) is 2. The van der Waals surface area contributed by atoms with E-state index in [0.717, 1.165) is 28.0 Å². The van der Waals surface area contributed by atoms with E-state index in [4.69, 9.17) is 9.47 Å². The van der Waals surface area contributed by atoms with Gasteiger partial charge in [0.15, 0.2) is 0 Å². The first-order valence-corrected chi connectivity index (χ1v) is 12.3. The first kappa shape index (κ1) is 19.1. The Bertz CT molecular complexity index is 421. The molecule has 0 aromatic carbocycles. The molecule has 0 amide bonds. The van der Waals surface area contributed by atoms with Crippen LogP contribution in [0.3, 0.4) is 0 Å². The molecule has 0 bridgehead atoms. The predicted octanol–water partition coefficient (Wildman–Crippen LogP) is 4.37. The molecular formula is C14H24Br2N2O2Si. The zero-order valence-electron chi connectivity index (χ0n) is 13.2. The molecular weight excluding hydrogens is 416 g/mol. The van der Waals surface area contributed by atoms with Crippen LogP contribution in [0.1, 0.15) is 0 Å². The van der Waals surface area contributed by atoms with E-state index in [9.17, 15) is 0 Å². The van der Waals surface area contributed by atoms with Crippen LogP contribution in [0.25, 0.3) is 0 Å². The minimum Gasteiger partial charge on any atom is -0.383 e. The minimum atomic E-state index is -1.04. The summed E-state index contributed by atoms with van der Waals surface area (Å²) in [5.41, 5.74) is 1.06. The fourth-order valence-corrected chi connectivity index (χ4v) is 3.50. The molecule has 0 saturated carbocycles. The van der Waals surface area contributed by atoms with Crippen molar-refractivity contribution in [1.82, 2.24) is 4.98 Å². The number of nitrogens with zero attached hydrogens (tertiary/aromatic N) is 2. The van der Waals surface area contributed by atoms with Crippen LogP contribution >= 0.6 is 31.9 Å². The average Bonchev–Trinajstić information content (AvgIpc) is 2.35. The Morgan fingerprint density at radius 2 is 1.76 bits per heavy atom. The van der Waals surface area contributed by atoms with Crippen molar-refractivity contribution in [2.75, 3.05) is 38.5 Å². The largest absolute Gasteiger partial charge is 0.383 e. The molecule has 1 heterocycles. The van der Waals surface area contributed by atoms with E-state index in [1.54, 1.807) is 7.11 Å². The maximum Gasteiger partial charge on any atom is 0.118 e. The van der Waals surface area contributed by atoms with E-state index in [0.29, 0.717) is 13.3 Å². The zero-order valence-corrected chi connectivity index (χ0v) is 17.3. The molecule has 21 heavy (non-hydrogen) atoms. The lowest BCUT2D eigenvalue weighted by atomic mass is 10.3. The van der Waals surface area contributed by atoms with Gasteiger partial charge in [-0.05, 0) is 50.0 Å². The Balaban J connectivity index is 2.62. The molecule has 0 aliphatic rings. The lowest BCUT2D eigenvalue weighted by Gasteiger charge is -2.25. The molecule has 0 N–H and O–H groups in total. The van der Waals surface area contributed by atoms with Crippen LogP contribution in [0, 0.1) is 0 Å². The number of rotatable bonds is 9. The van der Waals surface area contributed by atoms with Crippen molar-refractivity contribution in [1.29, 1.82) is 0 Å². The second kappa shape index (κ2) is 9.25. The van der Waals surface area contributed by atoms with Gasteiger partial charge in [0.1, 0.15) is 15.9 Å². The quantitative estimate of drug-likeness (QED) is 0.247. The summed E-state index contributed by atoms with van der Waals surface area (Å²) in [7, 11) is 0.666. The third kappa shape index (κ3) is 8.30. The fraction of sp³-hybridized carbons (Fsp3) is 0.643. The van der Waals surface area contributed by atoms with Crippen molar-refractivity contribution in [3.63, 3.8) is 0 Å². The molecule has 0 radical (unpaired) electrons. The van der Waals surface area contributed by atoms with Crippen molar-refractivity contribution in [2.45, 2.75) is 25.7 Å². The summed E-state index contributed by atoms with van der Waals surface area (Å²) in [6.07, 6.45) is 0.